The number of amides is 1. The summed E-state index contributed by atoms with van der Waals surface area (Å²) in [5, 5.41) is 4.82. The van der Waals surface area contributed by atoms with Gasteiger partial charge in [0.25, 0.3) is 5.91 Å². The van der Waals surface area contributed by atoms with Gasteiger partial charge in [0.1, 0.15) is 12.4 Å². The molecule has 3 rings (SSSR count). The predicted octanol–water partition coefficient (Wildman–Crippen LogP) is 4.90. The summed E-state index contributed by atoms with van der Waals surface area (Å²) in [7, 11) is 0. The van der Waals surface area contributed by atoms with Crippen LogP contribution in [0.1, 0.15) is 31.9 Å². The summed E-state index contributed by atoms with van der Waals surface area (Å²) >= 11 is 1.41. The molecule has 0 bridgehead atoms. The van der Waals surface area contributed by atoms with Gasteiger partial charge < -0.3 is 10.1 Å². The standard InChI is InChI=1S/C20H20N2O2S/c1-13-8-14(2)15(3)18(9-13)24-11-16-10-19(25-12-16)20(23)22-17-4-6-21-7-5-17/h4-10,12H,11H2,1-3H3,(H,21,22,23). The van der Waals surface area contributed by atoms with E-state index in [1.54, 1.807) is 24.5 Å². The number of rotatable bonds is 5. The van der Waals surface area contributed by atoms with Crippen LogP contribution in [0.5, 0.6) is 5.75 Å². The van der Waals surface area contributed by atoms with Crippen molar-refractivity contribution in [2.24, 2.45) is 0 Å². The van der Waals surface area contributed by atoms with E-state index in [0.717, 1.165) is 22.6 Å². The van der Waals surface area contributed by atoms with Crippen LogP contribution in [-0.4, -0.2) is 10.9 Å². The van der Waals surface area contributed by atoms with Gasteiger partial charge in [0, 0.05) is 23.6 Å². The highest BCUT2D eigenvalue weighted by Crippen LogP contribution is 2.25. The van der Waals surface area contributed by atoms with Gasteiger partial charge in [-0.15, -0.1) is 11.3 Å². The van der Waals surface area contributed by atoms with Gasteiger partial charge in [0.15, 0.2) is 0 Å². The molecule has 5 heteroatoms. The number of carbonyl (C=O) groups excluding carboxylic acids is 1. The topological polar surface area (TPSA) is 51.2 Å². The lowest BCUT2D eigenvalue weighted by Crippen LogP contribution is -2.10. The van der Waals surface area contributed by atoms with Crippen molar-refractivity contribution in [1.82, 2.24) is 4.98 Å². The van der Waals surface area contributed by atoms with Crippen LogP contribution >= 0.6 is 11.3 Å². The molecular weight excluding hydrogens is 332 g/mol. The Bertz CT molecular complexity index is 888. The summed E-state index contributed by atoms with van der Waals surface area (Å²) in [5.41, 5.74) is 5.27. The smallest absolute Gasteiger partial charge is 0.265 e. The molecule has 0 fully saturated rings. The van der Waals surface area contributed by atoms with Crippen molar-refractivity contribution >= 4 is 22.9 Å². The minimum atomic E-state index is -0.120. The Balaban J connectivity index is 1.65. The Labute approximate surface area is 151 Å². The first-order valence-corrected chi connectivity index (χ1v) is 8.90. The number of nitrogens with zero attached hydrogens (tertiary/aromatic N) is 1. The molecule has 25 heavy (non-hydrogen) atoms. The van der Waals surface area contributed by atoms with Crippen LogP contribution in [0, 0.1) is 20.8 Å². The number of thiophene rings is 1. The molecule has 0 radical (unpaired) electrons. The van der Waals surface area contributed by atoms with Crippen molar-refractivity contribution < 1.29 is 9.53 Å². The second-order valence-corrected chi connectivity index (χ2v) is 6.91. The largest absolute Gasteiger partial charge is 0.489 e. The zero-order valence-electron chi connectivity index (χ0n) is 14.5. The summed E-state index contributed by atoms with van der Waals surface area (Å²) in [6, 6.07) is 9.59. The molecule has 0 atom stereocenters. The molecule has 2 heterocycles. The average molecular weight is 352 g/mol. The molecule has 3 aromatic rings. The summed E-state index contributed by atoms with van der Waals surface area (Å²) in [5.74, 6) is 0.775. The lowest BCUT2D eigenvalue weighted by Gasteiger charge is -2.11. The van der Waals surface area contributed by atoms with E-state index < -0.39 is 0 Å². The van der Waals surface area contributed by atoms with Crippen molar-refractivity contribution in [3.63, 3.8) is 0 Å². The van der Waals surface area contributed by atoms with Crippen LogP contribution in [0.25, 0.3) is 0 Å². The van der Waals surface area contributed by atoms with Gasteiger partial charge in [-0.1, -0.05) is 6.07 Å². The SMILES string of the molecule is Cc1cc(C)c(C)c(OCc2csc(C(=O)Nc3ccncc3)c2)c1. The van der Waals surface area contributed by atoms with Gasteiger partial charge in [-0.2, -0.15) is 0 Å². The molecule has 0 aliphatic rings. The molecule has 0 aliphatic carbocycles. The Kier molecular flexibility index (Phi) is 5.14. The molecule has 128 valence electrons. The first kappa shape index (κ1) is 17.2. The molecule has 0 unspecified atom stereocenters. The van der Waals surface area contributed by atoms with Gasteiger partial charge in [0.05, 0.1) is 4.88 Å². The van der Waals surface area contributed by atoms with Gasteiger partial charge in [-0.25, -0.2) is 0 Å². The van der Waals surface area contributed by atoms with E-state index in [0.29, 0.717) is 11.5 Å². The highest BCUT2D eigenvalue weighted by Gasteiger charge is 2.11. The van der Waals surface area contributed by atoms with E-state index in [1.807, 2.05) is 17.5 Å². The number of benzene rings is 1. The third-order valence-corrected chi connectivity index (χ3v) is 4.95. The number of nitrogens with one attached hydrogen (secondary N) is 1. The summed E-state index contributed by atoms with van der Waals surface area (Å²) in [6.07, 6.45) is 3.30. The number of carbonyl (C=O) groups is 1. The van der Waals surface area contributed by atoms with Crippen molar-refractivity contribution in [1.29, 1.82) is 0 Å². The molecule has 1 amide bonds. The molecule has 1 aromatic carbocycles. The van der Waals surface area contributed by atoms with Crippen LogP contribution in [-0.2, 0) is 6.61 Å². The van der Waals surface area contributed by atoms with Gasteiger partial charge in [-0.05, 0) is 67.1 Å². The van der Waals surface area contributed by atoms with E-state index in [4.69, 9.17) is 4.74 Å². The first-order valence-electron chi connectivity index (χ1n) is 8.02. The van der Waals surface area contributed by atoms with Crippen LogP contribution < -0.4 is 10.1 Å². The zero-order valence-corrected chi connectivity index (χ0v) is 15.3. The highest BCUT2D eigenvalue weighted by molar-refractivity contribution is 7.12. The van der Waals surface area contributed by atoms with E-state index in [2.05, 4.69) is 37.1 Å². The van der Waals surface area contributed by atoms with Crippen molar-refractivity contribution in [3.8, 4) is 5.75 Å². The lowest BCUT2D eigenvalue weighted by molar-refractivity contribution is 0.103. The number of aryl methyl sites for hydroxylation is 2. The minimum absolute atomic E-state index is 0.120. The zero-order chi connectivity index (χ0) is 17.8. The maximum Gasteiger partial charge on any atom is 0.265 e. The number of pyridine rings is 1. The molecule has 0 saturated carbocycles. The molecule has 0 aliphatic heterocycles. The monoisotopic (exact) mass is 352 g/mol. The molecule has 4 nitrogen and oxygen atoms in total. The third-order valence-electron chi connectivity index (χ3n) is 3.97. The maximum absolute atomic E-state index is 12.3. The Morgan fingerprint density at radius 3 is 2.68 bits per heavy atom. The second kappa shape index (κ2) is 7.49. The Morgan fingerprint density at radius 1 is 1.16 bits per heavy atom. The molecule has 1 N–H and O–H groups in total. The van der Waals surface area contributed by atoms with E-state index in [1.165, 1.54) is 22.5 Å². The van der Waals surface area contributed by atoms with E-state index in [-0.39, 0.29) is 5.91 Å². The Morgan fingerprint density at radius 2 is 1.92 bits per heavy atom. The number of ether oxygens (including phenoxy) is 1. The van der Waals surface area contributed by atoms with Crippen molar-refractivity contribution in [2.75, 3.05) is 5.32 Å². The van der Waals surface area contributed by atoms with Crippen LogP contribution in [0.4, 0.5) is 5.69 Å². The first-order chi connectivity index (χ1) is 12.0. The fourth-order valence-corrected chi connectivity index (χ4v) is 3.30. The van der Waals surface area contributed by atoms with Crippen LogP contribution in [0.3, 0.4) is 0 Å². The highest BCUT2D eigenvalue weighted by atomic mass is 32.1. The molecule has 2 aromatic heterocycles. The van der Waals surface area contributed by atoms with E-state index >= 15 is 0 Å². The van der Waals surface area contributed by atoms with Gasteiger partial charge in [-0.3, -0.25) is 9.78 Å². The summed E-state index contributed by atoms with van der Waals surface area (Å²) in [6.45, 7) is 6.65. The van der Waals surface area contributed by atoms with Crippen LogP contribution in [0.15, 0.2) is 48.1 Å². The van der Waals surface area contributed by atoms with Crippen molar-refractivity contribution in [2.45, 2.75) is 27.4 Å². The molecule has 0 spiro atoms. The quantitative estimate of drug-likeness (QED) is 0.710. The normalized spacial score (nSPS) is 10.5. The molecular formula is C20H20N2O2S. The lowest BCUT2D eigenvalue weighted by atomic mass is 10.1. The fraction of sp³-hybridized carbons (Fsp3) is 0.200. The maximum atomic E-state index is 12.3. The van der Waals surface area contributed by atoms with Gasteiger partial charge >= 0.3 is 0 Å². The third kappa shape index (κ3) is 4.25. The summed E-state index contributed by atoms with van der Waals surface area (Å²) < 4.78 is 5.96. The average Bonchev–Trinajstić information content (AvgIpc) is 3.07. The van der Waals surface area contributed by atoms with Crippen LogP contribution in [0.2, 0.25) is 0 Å². The Hall–Kier alpha value is -2.66. The second-order valence-electron chi connectivity index (χ2n) is 6.00. The predicted molar refractivity (Wildman–Crippen MR) is 101 cm³/mol. The number of hydrogen-bond donors (Lipinski definition) is 1. The number of hydrogen-bond acceptors (Lipinski definition) is 4. The minimum Gasteiger partial charge on any atom is -0.489 e. The number of aromatic nitrogens is 1. The molecule has 0 saturated heterocycles. The summed E-state index contributed by atoms with van der Waals surface area (Å²) in [4.78, 5) is 16.9. The van der Waals surface area contributed by atoms with Gasteiger partial charge in [0.2, 0.25) is 0 Å². The van der Waals surface area contributed by atoms with E-state index in [9.17, 15) is 4.79 Å². The van der Waals surface area contributed by atoms with Crippen molar-refractivity contribution in [3.05, 3.63) is 75.2 Å². The fourth-order valence-electron chi connectivity index (χ4n) is 2.51. The number of anilines is 1.